The molecule has 10 nitrogen and oxygen atoms in total. The Bertz CT molecular complexity index is 2020. The first-order chi connectivity index (χ1) is 24.1. The van der Waals surface area contributed by atoms with Gasteiger partial charge in [0.2, 0.25) is 5.91 Å². The van der Waals surface area contributed by atoms with Crippen molar-refractivity contribution >= 4 is 40.0 Å². The summed E-state index contributed by atoms with van der Waals surface area (Å²) in [6.07, 6.45) is 9.15. The number of hydrogen-bond donors (Lipinski definition) is 3. The summed E-state index contributed by atoms with van der Waals surface area (Å²) < 4.78 is 2.24. The second kappa shape index (κ2) is 11.6. The lowest BCUT2D eigenvalue weighted by Gasteiger charge is -2.46. The molecule has 2 saturated heterocycles. The SMILES string of the molecule is CNC(=O)c1cc(Nc2nc(-c3ccc4c(c3)N(C3CC(N5CCC(C)(C)C5)C3)C(=O)C43CCNCC3)cc3ncn(C4CC4)c23)ccc1C. The van der Waals surface area contributed by atoms with Crippen molar-refractivity contribution < 1.29 is 9.59 Å². The number of piperidine rings is 1. The molecule has 2 aliphatic carbocycles. The Morgan fingerprint density at radius 1 is 0.980 bits per heavy atom. The summed E-state index contributed by atoms with van der Waals surface area (Å²) in [5.74, 6) is 0.885. The number of rotatable bonds is 7. The molecule has 0 unspecified atom stereocenters. The first-order valence-corrected chi connectivity index (χ1v) is 18.5. The van der Waals surface area contributed by atoms with E-state index in [9.17, 15) is 9.59 Å². The van der Waals surface area contributed by atoms with E-state index in [1.165, 1.54) is 12.0 Å². The third-order valence-corrected chi connectivity index (χ3v) is 12.3. The normalized spacial score (nSPS) is 24.1. The number of aromatic nitrogens is 3. The van der Waals surface area contributed by atoms with E-state index in [2.05, 4.69) is 68.4 Å². The number of imidazole rings is 1. The van der Waals surface area contributed by atoms with E-state index in [0.717, 1.165) is 104 Å². The van der Waals surface area contributed by atoms with Crippen LogP contribution in [0.2, 0.25) is 0 Å². The number of pyridine rings is 1. The van der Waals surface area contributed by atoms with E-state index in [-0.39, 0.29) is 17.9 Å². The van der Waals surface area contributed by atoms with Gasteiger partial charge < -0.3 is 25.4 Å². The predicted octanol–water partition coefficient (Wildman–Crippen LogP) is 6.08. The van der Waals surface area contributed by atoms with Gasteiger partial charge in [-0.2, -0.15) is 0 Å². The van der Waals surface area contributed by atoms with Gasteiger partial charge >= 0.3 is 0 Å². The van der Waals surface area contributed by atoms with Crippen molar-refractivity contribution in [1.82, 2.24) is 30.1 Å². The number of amides is 2. The molecular formula is C40H48N8O2. The summed E-state index contributed by atoms with van der Waals surface area (Å²) in [6.45, 7) is 10.7. The Balaban J connectivity index is 1.10. The number of fused-ring (bicyclic) bond motifs is 3. The maximum atomic E-state index is 14.6. The minimum Gasteiger partial charge on any atom is -0.355 e. The second-order valence-electron chi connectivity index (χ2n) is 16.2. The zero-order chi connectivity index (χ0) is 34.4. The molecule has 260 valence electrons. The highest BCUT2D eigenvalue weighted by atomic mass is 16.2. The van der Waals surface area contributed by atoms with Crippen LogP contribution in [0.4, 0.5) is 17.2 Å². The van der Waals surface area contributed by atoms with E-state index < -0.39 is 5.41 Å². The highest BCUT2D eigenvalue weighted by molar-refractivity contribution is 6.09. The van der Waals surface area contributed by atoms with Crippen LogP contribution >= 0.6 is 0 Å². The van der Waals surface area contributed by atoms with Gasteiger partial charge in [0.25, 0.3) is 5.91 Å². The number of aryl methyl sites for hydroxylation is 1. The van der Waals surface area contributed by atoms with Crippen molar-refractivity contribution in [3.63, 3.8) is 0 Å². The lowest BCUT2D eigenvalue weighted by Crippen LogP contribution is -2.57. The maximum Gasteiger partial charge on any atom is 0.251 e. The monoisotopic (exact) mass is 672 g/mol. The zero-order valence-electron chi connectivity index (χ0n) is 29.7. The number of carbonyl (C=O) groups excluding carboxylic acids is 2. The minimum atomic E-state index is -0.457. The van der Waals surface area contributed by atoms with Crippen molar-refractivity contribution in [2.45, 2.75) is 89.3 Å². The van der Waals surface area contributed by atoms with E-state index >= 15 is 0 Å². The van der Waals surface area contributed by atoms with Crippen molar-refractivity contribution in [1.29, 1.82) is 0 Å². The first-order valence-electron chi connectivity index (χ1n) is 18.5. The molecular weight excluding hydrogens is 624 g/mol. The van der Waals surface area contributed by atoms with Crippen LogP contribution in [0.1, 0.15) is 86.3 Å². The van der Waals surface area contributed by atoms with Crippen LogP contribution in [0.25, 0.3) is 22.3 Å². The molecule has 10 heteroatoms. The van der Waals surface area contributed by atoms with E-state index in [1.54, 1.807) is 7.05 Å². The van der Waals surface area contributed by atoms with E-state index in [4.69, 9.17) is 9.97 Å². The number of anilines is 3. The molecule has 5 heterocycles. The molecule has 0 atom stereocenters. The maximum absolute atomic E-state index is 14.6. The molecule has 3 N–H and O–H groups in total. The number of nitrogens with zero attached hydrogens (tertiary/aromatic N) is 5. The van der Waals surface area contributed by atoms with Crippen molar-refractivity contribution in [2.75, 3.05) is 43.4 Å². The fourth-order valence-electron chi connectivity index (χ4n) is 9.12. The van der Waals surface area contributed by atoms with Gasteiger partial charge in [-0.15, -0.1) is 0 Å². The smallest absolute Gasteiger partial charge is 0.251 e. The largest absolute Gasteiger partial charge is 0.355 e. The highest BCUT2D eigenvalue weighted by Crippen LogP contribution is 2.52. The average Bonchev–Trinajstić information content (AvgIpc) is 3.69. The van der Waals surface area contributed by atoms with Gasteiger partial charge in [-0.1, -0.05) is 32.0 Å². The van der Waals surface area contributed by atoms with Crippen LogP contribution in [0, 0.1) is 12.3 Å². The van der Waals surface area contributed by atoms with Crippen LogP contribution in [-0.4, -0.2) is 76.6 Å². The van der Waals surface area contributed by atoms with Gasteiger partial charge in [-0.25, -0.2) is 9.97 Å². The van der Waals surface area contributed by atoms with E-state index in [1.807, 2.05) is 31.5 Å². The average molecular weight is 673 g/mol. The minimum absolute atomic E-state index is 0.119. The molecule has 2 saturated carbocycles. The number of benzene rings is 2. The fraction of sp³-hybridized carbons (Fsp3) is 0.500. The number of carbonyl (C=O) groups is 2. The molecule has 5 aliphatic rings. The summed E-state index contributed by atoms with van der Waals surface area (Å²) in [4.78, 5) is 42.2. The van der Waals surface area contributed by atoms with Crippen molar-refractivity contribution in [3.8, 4) is 11.3 Å². The third kappa shape index (κ3) is 5.13. The van der Waals surface area contributed by atoms with Crippen LogP contribution in [-0.2, 0) is 10.2 Å². The predicted molar refractivity (Wildman–Crippen MR) is 197 cm³/mol. The molecule has 9 rings (SSSR count). The molecule has 1 spiro atoms. The summed E-state index contributed by atoms with van der Waals surface area (Å²) in [5, 5.41) is 9.83. The molecule has 4 fully saturated rings. The number of likely N-dealkylation sites (tertiary alicyclic amines) is 1. The highest BCUT2D eigenvalue weighted by Gasteiger charge is 2.55. The van der Waals surface area contributed by atoms with Crippen molar-refractivity contribution in [2.24, 2.45) is 5.41 Å². The third-order valence-electron chi connectivity index (χ3n) is 12.3. The second-order valence-corrected chi connectivity index (χ2v) is 16.2. The number of nitrogens with one attached hydrogen (secondary N) is 3. The molecule has 0 radical (unpaired) electrons. The lowest BCUT2D eigenvalue weighted by atomic mass is 9.74. The Morgan fingerprint density at radius 2 is 1.78 bits per heavy atom. The Kier molecular flexibility index (Phi) is 7.37. The topological polar surface area (TPSA) is 107 Å². The Hall–Kier alpha value is -4.28. The van der Waals surface area contributed by atoms with Crippen LogP contribution in [0.5, 0.6) is 0 Å². The van der Waals surface area contributed by atoms with Gasteiger partial charge in [0, 0.05) is 54.2 Å². The van der Waals surface area contributed by atoms with Crippen LogP contribution in [0.3, 0.4) is 0 Å². The summed E-state index contributed by atoms with van der Waals surface area (Å²) in [5.41, 5.74) is 8.12. The molecule has 3 aliphatic heterocycles. The number of hydrogen-bond acceptors (Lipinski definition) is 7. The molecule has 50 heavy (non-hydrogen) atoms. The molecule has 4 aromatic rings. The molecule has 2 aromatic carbocycles. The summed E-state index contributed by atoms with van der Waals surface area (Å²) in [6, 6.07) is 15.7. The molecule has 2 aromatic heterocycles. The zero-order valence-corrected chi connectivity index (χ0v) is 29.7. The first kappa shape index (κ1) is 31.7. The van der Waals surface area contributed by atoms with Gasteiger partial charge in [-0.3, -0.25) is 14.5 Å². The van der Waals surface area contributed by atoms with Gasteiger partial charge in [0.05, 0.1) is 23.0 Å². The van der Waals surface area contributed by atoms with Gasteiger partial charge in [-0.05, 0) is 112 Å². The summed E-state index contributed by atoms with van der Waals surface area (Å²) >= 11 is 0. The fourth-order valence-corrected chi connectivity index (χ4v) is 9.12. The molecule has 0 bridgehead atoms. The lowest BCUT2D eigenvalue weighted by molar-refractivity contribution is -0.125. The summed E-state index contributed by atoms with van der Waals surface area (Å²) in [7, 11) is 1.65. The Morgan fingerprint density at radius 3 is 2.50 bits per heavy atom. The van der Waals surface area contributed by atoms with Crippen LogP contribution < -0.4 is 20.9 Å². The molecule has 2 amide bonds. The van der Waals surface area contributed by atoms with Gasteiger partial charge in [0.15, 0.2) is 5.82 Å². The van der Waals surface area contributed by atoms with Crippen LogP contribution in [0.15, 0.2) is 48.8 Å². The standard InChI is InChI=1S/C40H48N8O2/c1-24-5-7-26(18-30(24)37(49)41-4)44-36-35-33(43-23-47(35)27-8-9-27)21-32(45-36)25-6-10-31-34(17-25)48(38(50)40(31)11-14-42-15-12-40)29-19-28(20-29)46-16-13-39(2,3)22-46/h5-7,10,17-18,21,23,27-29,42H,8-9,11-16,19-20,22H2,1-4H3,(H,41,49)(H,44,45). The van der Waals surface area contributed by atoms with E-state index in [0.29, 0.717) is 28.9 Å². The Labute approximate surface area is 294 Å². The quantitative estimate of drug-likeness (QED) is 0.219. The van der Waals surface area contributed by atoms with Crippen molar-refractivity contribution in [3.05, 3.63) is 65.5 Å². The van der Waals surface area contributed by atoms with Gasteiger partial charge in [0.1, 0.15) is 5.52 Å².